The standard InChI is InChI=1S/C11H20N2O4/c1-11(2)7-17-6-8(11)13-10(16)12-5-3-4-9(14)15/h8H,3-7H2,1-2H3,(H,14,15)(H2,12,13,16). The molecule has 1 aliphatic rings. The van der Waals surface area contributed by atoms with Crippen molar-refractivity contribution in [3.63, 3.8) is 0 Å². The van der Waals surface area contributed by atoms with Crippen LogP contribution in [-0.4, -0.2) is 42.9 Å². The van der Waals surface area contributed by atoms with Gasteiger partial charge in [-0.05, 0) is 6.42 Å². The second kappa shape index (κ2) is 5.86. The second-order valence-electron chi connectivity index (χ2n) is 4.95. The van der Waals surface area contributed by atoms with Crippen molar-refractivity contribution in [1.82, 2.24) is 10.6 Å². The van der Waals surface area contributed by atoms with Gasteiger partial charge in [-0.2, -0.15) is 0 Å². The van der Waals surface area contributed by atoms with Crippen LogP contribution >= 0.6 is 0 Å². The highest BCUT2D eigenvalue weighted by atomic mass is 16.5. The fraction of sp³-hybridized carbons (Fsp3) is 0.818. The first-order valence-electron chi connectivity index (χ1n) is 5.76. The summed E-state index contributed by atoms with van der Waals surface area (Å²) >= 11 is 0. The van der Waals surface area contributed by atoms with Gasteiger partial charge in [-0.25, -0.2) is 4.79 Å². The van der Waals surface area contributed by atoms with E-state index in [4.69, 9.17) is 9.84 Å². The molecule has 1 rings (SSSR count). The van der Waals surface area contributed by atoms with Crippen LogP contribution in [-0.2, 0) is 9.53 Å². The number of urea groups is 1. The molecule has 3 N–H and O–H groups in total. The number of hydrogen-bond acceptors (Lipinski definition) is 3. The first-order valence-corrected chi connectivity index (χ1v) is 5.76. The molecule has 6 nitrogen and oxygen atoms in total. The normalized spacial score (nSPS) is 22.1. The predicted octanol–water partition coefficient (Wildman–Crippen LogP) is 0.575. The molecule has 0 radical (unpaired) electrons. The zero-order valence-electron chi connectivity index (χ0n) is 10.3. The van der Waals surface area contributed by atoms with Gasteiger partial charge >= 0.3 is 12.0 Å². The van der Waals surface area contributed by atoms with Crippen LogP contribution in [0.4, 0.5) is 4.79 Å². The number of carboxylic acids is 1. The van der Waals surface area contributed by atoms with Crippen molar-refractivity contribution >= 4 is 12.0 Å². The van der Waals surface area contributed by atoms with Gasteiger partial charge in [0, 0.05) is 18.4 Å². The molecule has 0 bridgehead atoms. The molecular weight excluding hydrogens is 224 g/mol. The largest absolute Gasteiger partial charge is 0.481 e. The quantitative estimate of drug-likeness (QED) is 0.617. The Labute approximate surface area is 101 Å². The van der Waals surface area contributed by atoms with Gasteiger partial charge in [-0.15, -0.1) is 0 Å². The summed E-state index contributed by atoms with van der Waals surface area (Å²) in [7, 11) is 0. The van der Waals surface area contributed by atoms with Crippen molar-refractivity contribution in [3.05, 3.63) is 0 Å². The van der Waals surface area contributed by atoms with E-state index >= 15 is 0 Å². The molecule has 0 aromatic rings. The minimum atomic E-state index is -0.850. The molecule has 0 saturated carbocycles. The Morgan fingerprint density at radius 3 is 2.71 bits per heavy atom. The maximum absolute atomic E-state index is 11.5. The Bertz CT molecular complexity index is 291. The van der Waals surface area contributed by atoms with E-state index in [9.17, 15) is 9.59 Å². The van der Waals surface area contributed by atoms with E-state index in [1.807, 2.05) is 13.8 Å². The molecule has 17 heavy (non-hydrogen) atoms. The van der Waals surface area contributed by atoms with Crippen molar-refractivity contribution in [3.8, 4) is 0 Å². The molecule has 0 spiro atoms. The summed E-state index contributed by atoms with van der Waals surface area (Å²) in [6.45, 7) is 5.60. The van der Waals surface area contributed by atoms with Crippen LogP contribution in [0.3, 0.4) is 0 Å². The Morgan fingerprint density at radius 1 is 1.47 bits per heavy atom. The number of rotatable bonds is 5. The Morgan fingerprint density at radius 2 is 2.18 bits per heavy atom. The third-order valence-electron chi connectivity index (χ3n) is 2.86. The zero-order valence-corrected chi connectivity index (χ0v) is 10.3. The number of carboxylic acid groups (broad SMARTS) is 1. The average molecular weight is 244 g/mol. The van der Waals surface area contributed by atoms with Crippen molar-refractivity contribution in [1.29, 1.82) is 0 Å². The lowest BCUT2D eigenvalue weighted by Gasteiger charge is -2.25. The summed E-state index contributed by atoms with van der Waals surface area (Å²) in [5.41, 5.74) is -0.0571. The van der Waals surface area contributed by atoms with Crippen molar-refractivity contribution in [2.45, 2.75) is 32.7 Å². The highest BCUT2D eigenvalue weighted by Crippen LogP contribution is 2.26. The molecule has 1 aliphatic heterocycles. The SMILES string of the molecule is CC1(C)COCC1NC(=O)NCCCC(=O)O. The Balaban J connectivity index is 2.19. The summed E-state index contributed by atoms with van der Waals surface area (Å²) in [6, 6.07) is -0.263. The van der Waals surface area contributed by atoms with Gasteiger partial charge in [0.1, 0.15) is 0 Å². The number of carbonyl (C=O) groups is 2. The molecule has 0 aromatic heterocycles. The molecule has 0 aromatic carbocycles. The fourth-order valence-corrected chi connectivity index (χ4v) is 1.65. The van der Waals surface area contributed by atoms with Crippen molar-refractivity contribution in [2.75, 3.05) is 19.8 Å². The summed E-state index contributed by atoms with van der Waals surface area (Å²) in [6.07, 6.45) is 0.506. The van der Waals surface area contributed by atoms with Crippen molar-refractivity contribution in [2.24, 2.45) is 5.41 Å². The first-order chi connectivity index (χ1) is 7.92. The van der Waals surface area contributed by atoms with E-state index in [0.717, 1.165) is 0 Å². The molecule has 1 atom stereocenters. The maximum atomic E-state index is 11.5. The number of nitrogens with one attached hydrogen (secondary N) is 2. The van der Waals surface area contributed by atoms with Crippen LogP contribution < -0.4 is 10.6 Å². The molecule has 1 unspecified atom stereocenters. The summed E-state index contributed by atoms with van der Waals surface area (Å²) in [4.78, 5) is 21.8. The van der Waals surface area contributed by atoms with Gasteiger partial charge in [0.05, 0.1) is 19.3 Å². The monoisotopic (exact) mass is 244 g/mol. The predicted molar refractivity (Wildman–Crippen MR) is 61.8 cm³/mol. The molecular formula is C11H20N2O4. The molecule has 2 amide bonds. The third kappa shape index (κ3) is 4.60. The molecule has 0 aliphatic carbocycles. The fourth-order valence-electron chi connectivity index (χ4n) is 1.65. The zero-order chi connectivity index (χ0) is 12.9. The lowest BCUT2D eigenvalue weighted by atomic mass is 9.88. The lowest BCUT2D eigenvalue weighted by molar-refractivity contribution is -0.137. The Hall–Kier alpha value is -1.30. The third-order valence-corrected chi connectivity index (χ3v) is 2.86. The number of aliphatic carboxylic acids is 1. The Kier molecular flexibility index (Phi) is 4.74. The first kappa shape index (κ1) is 13.8. The van der Waals surface area contributed by atoms with Crippen molar-refractivity contribution < 1.29 is 19.4 Å². The van der Waals surface area contributed by atoms with Gasteiger partial charge in [0.2, 0.25) is 0 Å². The van der Waals surface area contributed by atoms with Crippen LogP contribution in [0.5, 0.6) is 0 Å². The van der Waals surface area contributed by atoms with Crippen LogP contribution in [0.25, 0.3) is 0 Å². The topological polar surface area (TPSA) is 87.7 Å². The number of amides is 2. The van der Waals surface area contributed by atoms with Gasteiger partial charge < -0.3 is 20.5 Å². The number of ether oxygens (including phenoxy) is 1. The number of carbonyl (C=O) groups excluding carboxylic acids is 1. The highest BCUT2D eigenvalue weighted by molar-refractivity contribution is 5.74. The minimum Gasteiger partial charge on any atom is -0.481 e. The minimum absolute atomic E-state index is 0.00183. The average Bonchev–Trinajstić information content (AvgIpc) is 2.53. The lowest BCUT2D eigenvalue weighted by Crippen LogP contribution is -2.48. The summed E-state index contributed by atoms with van der Waals surface area (Å²) in [5, 5.41) is 13.9. The molecule has 1 saturated heterocycles. The van der Waals surface area contributed by atoms with E-state index in [2.05, 4.69) is 10.6 Å². The van der Waals surface area contributed by atoms with Crippen LogP contribution in [0, 0.1) is 5.41 Å². The van der Waals surface area contributed by atoms with Gasteiger partial charge in [-0.3, -0.25) is 4.79 Å². The summed E-state index contributed by atoms with van der Waals surface area (Å²) < 4.78 is 5.31. The summed E-state index contributed by atoms with van der Waals surface area (Å²) in [5.74, 6) is -0.850. The van der Waals surface area contributed by atoms with Crippen LogP contribution in [0.15, 0.2) is 0 Å². The van der Waals surface area contributed by atoms with Gasteiger partial charge in [-0.1, -0.05) is 13.8 Å². The van der Waals surface area contributed by atoms with Gasteiger partial charge in [0.15, 0.2) is 0 Å². The molecule has 6 heteroatoms. The van der Waals surface area contributed by atoms with Gasteiger partial charge in [0.25, 0.3) is 0 Å². The highest BCUT2D eigenvalue weighted by Gasteiger charge is 2.36. The van der Waals surface area contributed by atoms with E-state index in [-0.39, 0.29) is 23.9 Å². The molecule has 1 heterocycles. The maximum Gasteiger partial charge on any atom is 0.315 e. The van der Waals surface area contributed by atoms with E-state index < -0.39 is 5.97 Å². The molecule has 98 valence electrons. The molecule has 1 fully saturated rings. The van der Waals surface area contributed by atoms with Crippen LogP contribution in [0.1, 0.15) is 26.7 Å². The number of hydrogen-bond donors (Lipinski definition) is 3. The smallest absolute Gasteiger partial charge is 0.315 e. The van der Waals surface area contributed by atoms with E-state index in [1.54, 1.807) is 0 Å². The van der Waals surface area contributed by atoms with E-state index in [0.29, 0.717) is 26.2 Å². The second-order valence-corrected chi connectivity index (χ2v) is 4.95. The van der Waals surface area contributed by atoms with Crippen LogP contribution in [0.2, 0.25) is 0 Å². The van der Waals surface area contributed by atoms with E-state index in [1.165, 1.54) is 0 Å².